The van der Waals surface area contributed by atoms with Gasteiger partial charge in [0.1, 0.15) is 11.8 Å². The first-order valence-corrected chi connectivity index (χ1v) is 13.6. The Morgan fingerprint density at radius 1 is 1.02 bits per heavy atom. The molecule has 1 aromatic heterocycles. The van der Waals surface area contributed by atoms with Crippen LogP contribution in [-0.4, -0.2) is 48.4 Å². The Hall–Kier alpha value is -4.67. The molecule has 0 unspecified atom stereocenters. The topological polar surface area (TPSA) is 140 Å². The normalized spacial score (nSPS) is 11.8. The molecule has 0 saturated heterocycles. The van der Waals surface area contributed by atoms with Crippen LogP contribution in [0, 0.1) is 6.92 Å². The van der Waals surface area contributed by atoms with Crippen LogP contribution in [0.4, 0.5) is 11.5 Å². The molecule has 224 valence electrons. The molecule has 3 rings (SSSR count). The van der Waals surface area contributed by atoms with Crippen LogP contribution in [-0.2, 0) is 14.4 Å². The molecular weight excluding hydrogens is 540 g/mol. The molecule has 0 aliphatic carbocycles. The van der Waals surface area contributed by atoms with Crippen LogP contribution in [0.3, 0.4) is 0 Å². The molecule has 1 heterocycles. The van der Waals surface area contributed by atoms with Gasteiger partial charge in [-0.1, -0.05) is 24.2 Å². The minimum absolute atomic E-state index is 0.146. The molecule has 2 aromatic carbocycles. The number of para-hydroxylation sites is 1. The fraction of sp³-hybridized carbons (Fsp3) is 0.387. The van der Waals surface area contributed by atoms with Crippen molar-refractivity contribution in [3.8, 4) is 11.5 Å². The molecule has 11 nitrogen and oxygen atoms in total. The number of ketones is 1. The summed E-state index contributed by atoms with van der Waals surface area (Å²) in [4.78, 5) is 54.1. The summed E-state index contributed by atoms with van der Waals surface area (Å²) >= 11 is 0. The van der Waals surface area contributed by atoms with Crippen molar-refractivity contribution < 1.29 is 33.2 Å². The average molecular weight is 579 g/mol. The van der Waals surface area contributed by atoms with Crippen molar-refractivity contribution in [3.05, 3.63) is 65.4 Å². The van der Waals surface area contributed by atoms with E-state index in [-0.39, 0.29) is 30.2 Å². The van der Waals surface area contributed by atoms with E-state index in [0.717, 1.165) is 0 Å². The molecule has 0 aliphatic heterocycles. The fourth-order valence-corrected chi connectivity index (χ4v) is 4.28. The van der Waals surface area contributed by atoms with E-state index in [1.807, 2.05) is 20.8 Å². The number of hydrogen-bond acceptors (Lipinski definition) is 8. The first kappa shape index (κ1) is 31.9. The quantitative estimate of drug-likeness (QED) is 0.270. The first-order valence-electron chi connectivity index (χ1n) is 13.6. The van der Waals surface area contributed by atoms with E-state index in [1.165, 1.54) is 26.0 Å². The number of aromatic nitrogens is 1. The second-order valence-electron chi connectivity index (χ2n) is 10.4. The number of amides is 3. The third-order valence-corrected chi connectivity index (χ3v) is 6.86. The molecule has 0 spiro atoms. The predicted octanol–water partition coefficient (Wildman–Crippen LogP) is 5.00. The van der Waals surface area contributed by atoms with Gasteiger partial charge in [-0.2, -0.15) is 0 Å². The van der Waals surface area contributed by atoms with Crippen LogP contribution in [0.5, 0.6) is 11.5 Å². The maximum Gasteiger partial charge on any atom is 0.248 e. The number of carbonyl (C=O) groups is 4. The van der Waals surface area contributed by atoms with Gasteiger partial charge < -0.3 is 24.6 Å². The molecule has 2 N–H and O–H groups in total. The maximum atomic E-state index is 14.1. The highest BCUT2D eigenvalue weighted by atomic mass is 16.5. The highest BCUT2D eigenvalue weighted by Crippen LogP contribution is 2.39. The van der Waals surface area contributed by atoms with E-state index in [2.05, 4.69) is 15.8 Å². The van der Waals surface area contributed by atoms with Crippen LogP contribution in [0.2, 0.25) is 0 Å². The van der Waals surface area contributed by atoms with Gasteiger partial charge in [0.25, 0.3) is 0 Å². The lowest BCUT2D eigenvalue weighted by atomic mass is 9.97. The number of ether oxygens (including phenoxy) is 2. The second kappa shape index (κ2) is 13.8. The zero-order valence-electron chi connectivity index (χ0n) is 25.1. The number of carbonyl (C=O) groups excluding carboxylic acids is 4. The average Bonchev–Trinajstić information content (AvgIpc) is 3.37. The van der Waals surface area contributed by atoms with Crippen LogP contribution in [0.15, 0.2) is 53.1 Å². The van der Waals surface area contributed by atoms with E-state index in [9.17, 15) is 19.2 Å². The molecule has 1 atom stereocenters. The summed E-state index contributed by atoms with van der Waals surface area (Å²) in [5.74, 6) is -0.130. The number of Topliss-reactive ketones (excluding diaryl/α,β-unsaturated/α-hetero) is 1. The van der Waals surface area contributed by atoms with Gasteiger partial charge in [0.2, 0.25) is 17.7 Å². The lowest BCUT2D eigenvalue weighted by molar-refractivity contribution is -0.128. The zero-order valence-corrected chi connectivity index (χ0v) is 25.1. The minimum Gasteiger partial charge on any atom is -0.493 e. The van der Waals surface area contributed by atoms with Gasteiger partial charge in [-0.25, -0.2) is 0 Å². The van der Waals surface area contributed by atoms with E-state index >= 15 is 0 Å². The highest BCUT2D eigenvalue weighted by Gasteiger charge is 2.37. The van der Waals surface area contributed by atoms with E-state index in [4.69, 9.17) is 14.0 Å². The molecule has 0 bridgehead atoms. The van der Waals surface area contributed by atoms with Gasteiger partial charge in [-0.05, 0) is 64.4 Å². The molecule has 42 heavy (non-hydrogen) atoms. The van der Waals surface area contributed by atoms with Gasteiger partial charge in [0.05, 0.1) is 14.2 Å². The van der Waals surface area contributed by atoms with Crippen molar-refractivity contribution in [3.63, 3.8) is 0 Å². The van der Waals surface area contributed by atoms with Gasteiger partial charge in [0, 0.05) is 41.3 Å². The number of hydrogen-bond donors (Lipinski definition) is 2. The number of methoxy groups -OCH3 is 2. The zero-order chi connectivity index (χ0) is 31.0. The third kappa shape index (κ3) is 7.74. The Labute approximate surface area is 245 Å². The van der Waals surface area contributed by atoms with Gasteiger partial charge in [0.15, 0.2) is 23.1 Å². The van der Waals surface area contributed by atoms with Crippen LogP contribution in [0.25, 0.3) is 0 Å². The Balaban J connectivity index is 2.10. The second-order valence-corrected chi connectivity index (χ2v) is 10.4. The predicted molar refractivity (Wildman–Crippen MR) is 158 cm³/mol. The number of rotatable bonds is 13. The van der Waals surface area contributed by atoms with Crippen LogP contribution < -0.4 is 25.0 Å². The summed E-state index contributed by atoms with van der Waals surface area (Å²) in [6, 6.07) is 11.8. The molecule has 0 aliphatic rings. The summed E-state index contributed by atoms with van der Waals surface area (Å²) < 4.78 is 16.1. The van der Waals surface area contributed by atoms with Crippen molar-refractivity contribution in [1.29, 1.82) is 0 Å². The number of nitrogens with zero attached hydrogens (tertiary/aromatic N) is 2. The van der Waals surface area contributed by atoms with Crippen molar-refractivity contribution >= 4 is 35.0 Å². The summed E-state index contributed by atoms with van der Waals surface area (Å²) in [5.41, 5.74) is 0.592. The SMILES string of the molecule is CCC(C)(C)NC(=O)[C@H](c1cccc(OC)c1OC)N(C(=O)CCC(=O)Nc1cc(C)on1)c1ccc(C(C)=O)cc1. The van der Waals surface area contributed by atoms with Crippen molar-refractivity contribution in [1.82, 2.24) is 10.5 Å². The summed E-state index contributed by atoms with van der Waals surface area (Å²) in [6.45, 7) is 8.85. The van der Waals surface area contributed by atoms with Gasteiger partial charge in [-0.15, -0.1) is 0 Å². The summed E-state index contributed by atoms with van der Waals surface area (Å²) in [7, 11) is 2.94. The minimum atomic E-state index is -1.21. The Morgan fingerprint density at radius 3 is 2.26 bits per heavy atom. The monoisotopic (exact) mass is 578 g/mol. The van der Waals surface area contributed by atoms with E-state index in [0.29, 0.717) is 34.7 Å². The van der Waals surface area contributed by atoms with Gasteiger partial charge >= 0.3 is 0 Å². The highest BCUT2D eigenvalue weighted by molar-refractivity contribution is 6.04. The molecule has 0 saturated carbocycles. The van der Waals surface area contributed by atoms with Crippen LogP contribution >= 0.6 is 0 Å². The molecule has 3 amide bonds. The standard InChI is InChI=1S/C31H38N4O7/c1-8-31(4,5)33-30(39)28(23-10-9-11-24(40-6)29(23)41-7)35(22-14-12-21(13-15-22)20(3)36)27(38)17-16-26(37)32-25-18-19(2)42-34-25/h9-15,18,28H,8,16-17H2,1-7H3,(H,33,39)(H,32,34,37)/t28-/m0/s1. The molecule has 0 radical (unpaired) electrons. The van der Waals surface area contributed by atoms with E-state index in [1.54, 1.807) is 55.5 Å². The number of benzene rings is 2. The first-order chi connectivity index (χ1) is 19.9. The molecule has 0 fully saturated rings. The Bertz CT molecular complexity index is 1430. The lowest BCUT2D eigenvalue weighted by Gasteiger charge is -2.35. The Kier molecular flexibility index (Phi) is 10.5. The van der Waals surface area contributed by atoms with Crippen LogP contribution in [0.1, 0.15) is 74.7 Å². The number of aryl methyl sites for hydroxylation is 1. The molecule has 3 aromatic rings. The number of anilines is 2. The lowest BCUT2D eigenvalue weighted by Crippen LogP contribution is -2.50. The third-order valence-electron chi connectivity index (χ3n) is 6.86. The van der Waals surface area contributed by atoms with E-state index < -0.39 is 29.3 Å². The van der Waals surface area contributed by atoms with Crippen molar-refractivity contribution in [2.75, 3.05) is 24.4 Å². The smallest absolute Gasteiger partial charge is 0.248 e. The maximum absolute atomic E-state index is 14.1. The Morgan fingerprint density at radius 2 is 1.71 bits per heavy atom. The van der Waals surface area contributed by atoms with Crippen molar-refractivity contribution in [2.45, 2.75) is 65.5 Å². The molecular formula is C31H38N4O7. The largest absolute Gasteiger partial charge is 0.493 e. The summed E-state index contributed by atoms with van der Waals surface area (Å²) in [6.07, 6.45) is 0.213. The van der Waals surface area contributed by atoms with Crippen molar-refractivity contribution in [2.24, 2.45) is 0 Å². The fourth-order valence-electron chi connectivity index (χ4n) is 4.28. The molecule has 11 heteroatoms. The van der Waals surface area contributed by atoms with Gasteiger partial charge in [-0.3, -0.25) is 24.1 Å². The summed E-state index contributed by atoms with van der Waals surface area (Å²) in [5, 5.41) is 9.40. The number of nitrogens with one attached hydrogen (secondary N) is 2.